The van der Waals surface area contributed by atoms with E-state index in [0.29, 0.717) is 43.8 Å². The van der Waals surface area contributed by atoms with Gasteiger partial charge in [0.25, 0.3) is 0 Å². The van der Waals surface area contributed by atoms with Crippen molar-refractivity contribution in [1.29, 1.82) is 0 Å². The second-order valence-corrected chi connectivity index (χ2v) is 20.0. The van der Waals surface area contributed by atoms with Gasteiger partial charge in [-0.25, -0.2) is 0 Å². The summed E-state index contributed by atoms with van der Waals surface area (Å²) < 4.78 is 17.7. The molecule has 1 fully saturated rings. The van der Waals surface area contributed by atoms with Crippen LogP contribution in [-0.2, 0) is 23.8 Å². The molecular formula is C56H109NO5. The van der Waals surface area contributed by atoms with Crippen molar-refractivity contribution in [2.45, 2.75) is 285 Å². The van der Waals surface area contributed by atoms with Crippen molar-refractivity contribution in [1.82, 2.24) is 4.90 Å². The number of likely N-dealkylation sites (tertiary alicyclic amines) is 1. The van der Waals surface area contributed by atoms with E-state index in [9.17, 15) is 9.59 Å². The number of esters is 2. The summed E-state index contributed by atoms with van der Waals surface area (Å²) in [5.74, 6) is 1.82. The average molecular weight is 876 g/mol. The highest BCUT2D eigenvalue weighted by molar-refractivity contribution is 5.70. The number of piperidine rings is 1. The number of ether oxygens (including phenoxy) is 3. The van der Waals surface area contributed by atoms with Crippen LogP contribution >= 0.6 is 0 Å². The molecule has 1 rings (SSSR count). The smallest absolute Gasteiger partial charge is 0.306 e. The number of unbranched alkanes of at least 4 members (excludes halogenated alkanes) is 22. The lowest BCUT2D eigenvalue weighted by Gasteiger charge is -2.26. The van der Waals surface area contributed by atoms with Crippen molar-refractivity contribution in [3.63, 3.8) is 0 Å². The minimum atomic E-state index is 0.0392. The Morgan fingerprint density at radius 3 is 1.11 bits per heavy atom. The van der Waals surface area contributed by atoms with Crippen molar-refractivity contribution < 1.29 is 23.8 Å². The number of carbonyl (C=O) groups is 2. The number of carbonyl (C=O) groups excluding carboxylic acids is 2. The molecule has 1 heterocycles. The SMILES string of the molecule is CCCCCC(CCCCC)CC(=O)OCCCCCCCCCCC(CCCCCCCCCCOC(=O)CC(CCCCC)CCCCC)COCCCN1CCCCC1. The zero-order valence-electron chi connectivity index (χ0n) is 42.5. The molecule has 0 aromatic heterocycles. The van der Waals surface area contributed by atoms with Crippen LogP contribution in [0.4, 0.5) is 0 Å². The molecule has 0 spiro atoms. The lowest BCUT2D eigenvalue weighted by molar-refractivity contribution is -0.146. The molecule has 0 saturated carbocycles. The lowest BCUT2D eigenvalue weighted by atomic mass is 9.92. The van der Waals surface area contributed by atoms with Gasteiger partial charge in [0, 0.05) is 32.6 Å². The van der Waals surface area contributed by atoms with Gasteiger partial charge in [-0.3, -0.25) is 9.59 Å². The van der Waals surface area contributed by atoms with Crippen LogP contribution in [0.15, 0.2) is 0 Å². The molecular weight excluding hydrogens is 767 g/mol. The Morgan fingerprint density at radius 1 is 0.387 bits per heavy atom. The van der Waals surface area contributed by atoms with Crippen molar-refractivity contribution in [2.24, 2.45) is 17.8 Å². The molecule has 0 radical (unpaired) electrons. The molecule has 1 aliphatic rings. The number of hydrogen-bond acceptors (Lipinski definition) is 6. The van der Waals surface area contributed by atoms with Crippen LogP contribution in [-0.4, -0.2) is 62.9 Å². The highest BCUT2D eigenvalue weighted by Gasteiger charge is 2.17. The largest absolute Gasteiger partial charge is 0.466 e. The molecule has 0 aromatic carbocycles. The van der Waals surface area contributed by atoms with E-state index in [0.717, 1.165) is 26.1 Å². The van der Waals surface area contributed by atoms with E-state index in [-0.39, 0.29) is 11.9 Å². The van der Waals surface area contributed by atoms with Gasteiger partial charge in [0.15, 0.2) is 0 Å². The maximum atomic E-state index is 12.5. The minimum Gasteiger partial charge on any atom is -0.466 e. The molecule has 1 saturated heterocycles. The summed E-state index contributed by atoms with van der Waals surface area (Å²) in [6, 6.07) is 0. The molecule has 62 heavy (non-hydrogen) atoms. The normalized spacial score (nSPS) is 13.5. The van der Waals surface area contributed by atoms with Gasteiger partial charge in [0.05, 0.1) is 13.2 Å². The van der Waals surface area contributed by atoms with Crippen LogP contribution in [0, 0.1) is 17.8 Å². The van der Waals surface area contributed by atoms with E-state index in [1.165, 1.54) is 251 Å². The van der Waals surface area contributed by atoms with Crippen molar-refractivity contribution in [2.75, 3.05) is 46.1 Å². The van der Waals surface area contributed by atoms with Gasteiger partial charge >= 0.3 is 11.9 Å². The fraction of sp³-hybridized carbons (Fsp3) is 0.964. The zero-order chi connectivity index (χ0) is 44.8. The van der Waals surface area contributed by atoms with E-state index in [1.54, 1.807) is 0 Å². The van der Waals surface area contributed by atoms with Gasteiger partial charge in [-0.2, -0.15) is 0 Å². The summed E-state index contributed by atoms with van der Waals surface area (Å²) >= 11 is 0. The number of rotatable bonds is 48. The van der Waals surface area contributed by atoms with Crippen molar-refractivity contribution in [3.8, 4) is 0 Å². The van der Waals surface area contributed by atoms with Crippen LogP contribution in [0.5, 0.6) is 0 Å². The van der Waals surface area contributed by atoms with Crippen molar-refractivity contribution in [3.05, 3.63) is 0 Å². The molecule has 0 unspecified atom stereocenters. The standard InChI is InChI=1S/C56H109NO5/c1-5-9-26-37-52(38-27-10-6-2)49-55(58)61-47-34-23-19-15-13-17-21-30-41-54(51-60-46-36-45-57-43-32-25-33-44-57)42-31-22-18-14-16-20-24-35-48-62-56(59)50-53(39-28-11-7-3)40-29-12-8-4/h52-54H,5-51H2,1-4H3. The number of nitrogens with zero attached hydrogens (tertiary/aromatic N) is 1. The van der Waals surface area contributed by atoms with E-state index >= 15 is 0 Å². The van der Waals surface area contributed by atoms with Crippen LogP contribution in [0.2, 0.25) is 0 Å². The maximum Gasteiger partial charge on any atom is 0.306 e. The molecule has 0 bridgehead atoms. The summed E-state index contributed by atoms with van der Waals surface area (Å²) in [5, 5.41) is 0. The Hall–Kier alpha value is -1.14. The first-order chi connectivity index (χ1) is 30.5. The molecule has 0 N–H and O–H groups in total. The van der Waals surface area contributed by atoms with Gasteiger partial charge in [-0.05, 0) is 101 Å². The highest BCUT2D eigenvalue weighted by Crippen LogP contribution is 2.24. The molecule has 6 nitrogen and oxygen atoms in total. The predicted molar refractivity (Wildman–Crippen MR) is 267 cm³/mol. The Kier molecular flexibility index (Phi) is 44.1. The first-order valence-electron chi connectivity index (χ1n) is 28.1. The van der Waals surface area contributed by atoms with E-state index in [1.807, 2.05) is 0 Å². The van der Waals surface area contributed by atoms with Crippen LogP contribution in [0.1, 0.15) is 285 Å². The maximum absolute atomic E-state index is 12.5. The predicted octanol–water partition coefficient (Wildman–Crippen LogP) is 16.9. The third-order valence-electron chi connectivity index (χ3n) is 13.9. The average Bonchev–Trinajstić information content (AvgIpc) is 3.27. The monoisotopic (exact) mass is 876 g/mol. The van der Waals surface area contributed by atoms with Gasteiger partial charge in [0.2, 0.25) is 0 Å². The molecule has 0 atom stereocenters. The molecule has 0 amide bonds. The third-order valence-corrected chi connectivity index (χ3v) is 13.9. The lowest BCUT2D eigenvalue weighted by Crippen LogP contribution is -2.31. The first-order valence-corrected chi connectivity index (χ1v) is 28.1. The van der Waals surface area contributed by atoms with Crippen LogP contribution < -0.4 is 0 Å². The molecule has 0 aliphatic carbocycles. The fourth-order valence-corrected chi connectivity index (χ4v) is 9.72. The highest BCUT2D eigenvalue weighted by atomic mass is 16.5. The topological polar surface area (TPSA) is 65.1 Å². The molecule has 368 valence electrons. The summed E-state index contributed by atoms with van der Waals surface area (Å²) in [7, 11) is 0. The van der Waals surface area contributed by atoms with Crippen LogP contribution in [0.25, 0.3) is 0 Å². The Balaban J connectivity index is 2.19. The van der Waals surface area contributed by atoms with E-state index in [4.69, 9.17) is 14.2 Å². The molecule has 1 aliphatic heterocycles. The summed E-state index contributed by atoms with van der Waals surface area (Å²) in [6.45, 7) is 15.9. The second-order valence-electron chi connectivity index (χ2n) is 20.0. The molecule has 6 heteroatoms. The summed E-state index contributed by atoms with van der Waals surface area (Å²) in [4.78, 5) is 27.7. The van der Waals surface area contributed by atoms with Gasteiger partial charge < -0.3 is 19.1 Å². The quantitative estimate of drug-likeness (QED) is 0.0448. The summed E-state index contributed by atoms with van der Waals surface area (Å²) in [6.07, 6.45) is 49.3. The minimum absolute atomic E-state index is 0.0392. The van der Waals surface area contributed by atoms with E-state index in [2.05, 4.69) is 32.6 Å². The Morgan fingerprint density at radius 2 is 0.726 bits per heavy atom. The Bertz CT molecular complexity index is 857. The van der Waals surface area contributed by atoms with Gasteiger partial charge in [-0.15, -0.1) is 0 Å². The van der Waals surface area contributed by atoms with Crippen molar-refractivity contribution >= 4 is 11.9 Å². The first kappa shape index (κ1) is 58.9. The zero-order valence-corrected chi connectivity index (χ0v) is 42.5. The Labute approximate surface area is 387 Å². The van der Waals surface area contributed by atoms with Crippen LogP contribution in [0.3, 0.4) is 0 Å². The number of hydrogen-bond donors (Lipinski definition) is 0. The van der Waals surface area contributed by atoms with Gasteiger partial charge in [0.1, 0.15) is 0 Å². The fourth-order valence-electron chi connectivity index (χ4n) is 9.72. The molecule has 0 aromatic rings. The second kappa shape index (κ2) is 46.4. The van der Waals surface area contributed by atoms with Gasteiger partial charge in [-0.1, -0.05) is 201 Å². The van der Waals surface area contributed by atoms with E-state index < -0.39 is 0 Å². The third kappa shape index (κ3) is 39.2. The summed E-state index contributed by atoms with van der Waals surface area (Å²) in [5.41, 5.74) is 0.